The number of carboxylic acid groups (broad SMARTS) is 1. The summed E-state index contributed by atoms with van der Waals surface area (Å²) in [4.78, 5) is 22.8. The Labute approximate surface area is 130 Å². The third kappa shape index (κ3) is 3.93. The van der Waals surface area contributed by atoms with E-state index in [-0.39, 0.29) is 4.88 Å². The highest BCUT2D eigenvalue weighted by Crippen LogP contribution is 2.22. The maximum Gasteiger partial charge on any atom is 0.348 e. The van der Waals surface area contributed by atoms with E-state index in [1.807, 2.05) is 19.1 Å². The summed E-state index contributed by atoms with van der Waals surface area (Å²) >= 11 is 7.06. The Morgan fingerprint density at radius 1 is 1.33 bits per heavy atom. The van der Waals surface area contributed by atoms with Gasteiger partial charge < -0.3 is 10.4 Å². The van der Waals surface area contributed by atoms with Crippen molar-refractivity contribution in [2.24, 2.45) is 0 Å². The lowest BCUT2D eigenvalue weighted by Gasteiger charge is -2.01. The van der Waals surface area contributed by atoms with E-state index in [1.165, 1.54) is 6.08 Å². The van der Waals surface area contributed by atoms with Gasteiger partial charge in [-0.15, -0.1) is 11.3 Å². The predicted octanol–water partition coefficient (Wildman–Crippen LogP) is 4.06. The van der Waals surface area contributed by atoms with Gasteiger partial charge in [-0.1, -0.05) is 23.7 Å². The topological polar surface area (TPSA) is 66.4 Å². The summed E-state index contributed by atoms with van der Waals surface area (Å²) in [5, 5.41) is 13.7. The summed E-state index contributed by atoms with van der Waals surface area (Å²) in [6.07, 6.45) is 2.96. The highest BCUT2D eigenvalue weighted by molar-refractivity contribution is 7.12. The molecule has 0 bridgehead atoms. The Bertz CT molecular complexity index is 721. The van der Waals surface area contributed by atoms with Gasteiger partial charge in [-0.25, -0.2) is 4.79 Å². The van der Waals surface area contributed by atoms with Crippen LogP contribution in [0, 0.1) is 6.92 Å². The van der Waals surface area contributed by atoms with E-state index in [9.17, 15) is 9.59 Å². The molecule has 1 heterocycles. The summed E-state index contributed by atoms with van der Waals surface area (Å²) in [6, 6.07) is 7.02. The standard InChI is InChI=1S/C15H12ClNO3S/c1-9-2-3-10(8-11(9)16)4-5-13(18)17-12-6-7-21-14(12)15(19)20/h2-8H,1H3,(H,17,18)(H,19,20)/b5-4+. The predicted molar refractivity (Wildman–Crippen MR) is 85.1 cm³/mol. The second-order valence-electron chi connectivity index (χ2n) is 4.30. The van der Waals surface area contributed by atoms with Crippen LogP contribution in [0.15, 0.2) is 35.7 Å². The van der Waals surface area contributed by atoms with Gasteiger partial charge in [0, 0.05) is 11.1 Å². The van der Waals surface area contributed by atoms with Crippen LogP contribution in [0.3, 0.4) is 0 Å². The van der Waals surface area contributed by atoms with Crippen molar-refractivity contribution < 1.29 is 14.7 Å². The molecule has 0 atom stereocenters. The summed E-state index contributed by atoms with van der Waals surface area (Å²) in [5.41, 5.74) is 2.05. The molecular weight excluding hydrogens is 310 g/mol. The van der Waals surface area contributed by atoms with Crippen LogP contribution in [0.25, 0.3) is 6.08 Å². The fourth-order valence-electron chi connectivity index (χ4n) is 1.63. The number of anilines is 1. The zero-order chi connectivity index (χ0) is 15.4. The number of benzene rings is 1. The average Bonchev–Trinajstić information content (AvgIpc) is 2.88. The first-order valence-electron chi connectivity index (χ1n) is 6.03. The molecule has 0 aliphatic carbocycles. The molecular formula is C15H12ClNO3S. The maximum atomic E-state index is 11.8. The number of thiophene rings is 1. The zero-order valence-electron chi connectivity index (χ0n) is 11.1. The molecule has 0 aliphatic heterocycles. The average molecular weight is 322 g/mol. The molecule has 0 saturated carbocycles. The normalized spacial score (nSPS) is 10.8. The Hall–Kier alpha value is -2.11. The quantitative estimate of drug-likeness (QED) is 0.834. The van der Waals surface area contributed by atoms with E-state index in [0.717, 1.165) is 22.5 Å². The van der Waals surface area contributed by atoms with E-state index in [1.54, 1.807) is 23.6 Å². The molecule has 1 aromatic heterocycles. The number of hydrogen-bond acceptors (Lipinski definition) is 3. The van der Waals surface area contributed by atoms with Crippen LogP contribution in [-0.4, -0.2) is 17.0 Å². The number of rotatable bonds is 4. The lowest BCUT2D eigenvalue weighted by Crippen LogP contribution is -2.09. The van der Waals surface area contributed by atoms with Crippen molar-refractivity contribution in [1.29, 1.82) is 0 Å². The van der Waals surface area contributed by atoms with Crippen molar-refractivity contribution in [3.05, 3.63) is 56.7 Å². The van der Waals surface area contributed by atoms with Gasteiger partial charge >= 0.3 is 5.97 Å². The molecule has 0 aliphatic rings. The van der Waals surface area contributed by atoms with Crippen LogP contribution in [-0.2, 0) is 4.79 Å². The number of nitrogens with one attached hydrogen (secondary N) is 1. The van der Waals surface area contributed by atoms with E-state index >= 15 is 0 Å². The molecule has 6 heteroatoms. The van der Waals surface area contributed by atoms with Gasteiger partial charge in [-0.05, 0) is 41.6 Å². The van der Waals surface area contributed by atoms with Crippen LogP contribution in [0.1, 0.15) is 20.8 Å². The van der Waals surface area contributed by atoms with Crippen molar-refractivity contribution in [3.63, 3.8) is 0 Å². The smallest absolute Gasteiger partial charge is 0.348 e. The number of halogens is 1. The molecule has 21 heavy (non-hydrogen) atoms. The first kappa shape index (κ1) is 15.3. The molecule has 2 N–H and O–H groups in total. The number of carbonyl (C=O) groups excluding carboxylic acids is 1. The fourth-order valence-corrected chi connectivity index (χ4v) is 2.51. The first-order chi connectivity index (χ1) is 9.97. The Morgan fingerprint density at radius 3 is 2.76 bits per heavy atom. The summed E-state index contributed by atoms with van der Waals surface area (Å²) < 4.78 is 0. The van der Waals surface area contributed by atoms with Gasteiger partial charge in [0.05, 0.1) is 5.69 Å². The molecule has 0 radical (unpaired) electrons. The van der Waals surface area contributed by atoms with Gasteiger partial charge in [0.2, 0.25) is 5.91 Å². The van der Waals surface area contributed by atoms with Gasteiger partial charge in [0.1, 0.15) is 4.88 Å². The third-order valence-corrected chi connectivity index (χ3v) is 4.05. The Kier molecular flexibility index (Phi) is 4.77. The molecule has 0 saturated heterocycles. The van der Waals surface area contributed by atoms with Crippen LogP contribution in [0.4, 0.5) is 5.69 Å². The lowest BCUT2D eigenvalue weighted by atomic mass is 10.1. The second-order valence-corrected chi connectivity index (χ2v) is 5.62. The molecule has 2 rings (SSSR count). The maximum absolute atomic E-state index is 11.8. The number of amides is 1. The highest BCUT2D eigenvalue weighted by atomic mass is 35.5. The molecule has 0 fully saturated rings. The van der Waals surface area contributed by atoms with Crippen LogP contribution in [0.5, 0.6) is 0 Å². The van der Waals surface area contributed by atoms with Crippen molar-refractivity contribution in [3.8, 4) is 0 Å². The minimum absolute atomic E-state index is 0.107. The highest BCUT2D eigenvalue weighted by Gasteiger charge is 2.12. The minimum Gasteiger partial charge on any atom is -0.477 e. The summed E-state index contributed by atoms with van der Waals surface area (Å²) in [5.74, 6) is -1.46. The van der Waals surface area contributed by atoms with Crippen molar-refractivity contribution in [2.75, 3.05) is 5.32 Å². The van der Waals surface area contributed by atoms with E-state index in [4.69, 9.17) is 16.7 Å². The molecule has 0 unspecified atom stereocenters. The molecule has 0 spiro atoms. The van der Waals surface area contributed by atoms with Crippen molar-refractivity contribution in [2.45, 2.75) is 6.92 Å². The Morgan fingerprint density at radius 2 is 2.10 bits per heavy atom. The van der Waals surface area contributed by atoms with Gasteiger partial charge in [0.15, 0.2) is 0 Å². The minimum atomic E-state index is -1.06. The van der Waals surface area contributed by atoms with E-state index < -0.39 is 11.9 Å². The van der Waals surface area contributed by atoms with E-state index in [0.29, 0.717) is 10.7 Å². The van der Waals surface area contributed by atoms with E-state index in [2.05, 4.69) is 5.32 Å². The molecule has 2 aromatic rings. The van der Waals surface area contributed by atoms with Gasteiger partial charge in [-0.3, -0.25) is 4.79 Å². The first-order valence-corrected chi connectivity index (χ1v) is 7.29. The molecule has 4 nitrogen and oxygen atoms in total. The lowest BCUT2D eigenvalue weighted by molar-refractivity contribution is -0.111. The van der Waals surface area contributed by atoms with Crippen LogP contribution >= 0.6 is 22.9 Å². The zero-order valence-corrected chi connectivity index (χ0v) is 12.7. The van der Waals surface area contributed by atoms with Crippen molar-refractivity contribution >= 4 is 46.6 Å². The van der Waals surface area contributed by atoms with Gasteiger partial charge in [-0.2, -0.15) is 0 Å². The monoisotopic (exact) mass is 321 g/mol. The number of aromatic carboxylic acids is 1. The summed E-state index contributed by atoms with van der Waals surface area (Å²) in [6.45, 7) is 1.90. The van der Waals surface area contributed by atoms with Crippen LogP contribution < -0.4 is 5.32 Å². The SMILES string of the molecule is Cc1ccc(/C=C/C(=O)Nc2ccsc2C(=O)O)cc1Cl. The number of carbonyl (C=O) groups is 2. The number of aryl methyl sites for hydroxylation is 1. The Balaban J connectivity index is 2.07. The second kappa shape index (κ2) is 6.56. The fraction of sp³-hybridized carbons (Fsp3) is 0.0667. The number of hydrogen-bond donors (Lipinski definition) is 2. The van der Waals surface area contributed by atoms with Crippen LogP contribution in [0.2, 0.25) is 5.02 Å². The number of carboxylic acids is 1. The van der Waals surface area contributed by atoms with Crippen molar-refractivity contribution in [1.82, 2.24) is 0 Å². The largest absolute Gasteiger partial charge is 0.477 e. The molecule has 1 amide bonds. The van der Waals surface area contributed by atoms with Gasteiger partial charge in [0.25, 0.3) is 0 Å². The third-order valence-electron chi connectivity index (χ3n) is 2.74. The summed E-state index contributed by atoms with van der Waals surface area (Å²) in [7, 11) is 0. The molecule has 1 aromatic carbocycles. The molecule has 108 valence electrons.